The highest BCUT2D eigenvalue weighted by atomic mass is 32.2. The van der Waals surface area contributed by atoms with E-state index >= 15 is 0 Å². The van der Waals surface area contributed by atoms with E-state index in [4.69, 9.17) is 11.5 Å². The predicted molar refractivity (Wildman–Crippen MR) is 76.8 cm³/mol. The number of primary amides is 2. The molecule has 2 aromatic rings. The van der Waals surface area contributed by atoms with E-state index < -0.39 is 17.7 Å². The van der Waals surface area contributed by atoms with E-state index in [1.54, 1.807) is 11.3 Å². The van der Waals surface area contributed by atoms with Crippen molar-refractivity contribution in [2.75, 3.05) is 5.75 Å². The molecule has 0 bridgehead atoms. The van der Waals surface area contributed by atoms with E-state index in [1.807, 2.05) is 24.3 Å². The Morgan fingerprint density at radius 2 is 2.05 bits per heavy atom. The average Bonchev–Trinajstić information content (AvgIpc) is 2.76. The summed E-state index contributed by atoms with van der Waals surface area (Å²) in [5, 5.41) is 0. The number of aromatic nitrogens is 1. The van der Waals surface area contributed by atoms with Gasteiger partial charge in [0.1, 0.15) is 0 Å². The lowest BCUT2D eigenvalue weighted by Crippen LogP contribution is -2.29. The third-order valence-electron chi connectivity index (χ3n) is 2.53. The first-order chi connectivity index (χ1) is 9.06. The molecule has 1 aromatic heterocycles. The second kappa shape index (κ2) is 6.03. The van der Waals surface area contributed by atoms with Crippen LogP contribution in [0.15, 0.2) is 28.6 Å². The Morgan fingerprint density at radius 3 is 2.68 bits per heavy atom. The Kier molecular flexibility index (Phi) is 4.39. The van der Waals surface area contributed by atoms with Crippen molar-refractivity contribution < 1.29 is 9.59 Å². The number of hydrogen-bond donors (Lipinski definition) is 2. The summed E-state index contributed by atoms with van der Waals surface area (Å²) in [5.41, 5.74) is 11.3. The van der Waals surface area contributed by atoms with Crippen LogP contribution < -0.4 is 11.5 Å². The van der Waals surface area contributed by atoms with Gasteiger partial charge in [0.2, 0.25) is 11.8 Å². The van der Waals surface area contributed by atoms with Crippen molar-refractivity contribution in [3.8, 4) is 0 Å². The van der Waals surface area contributed by atoms with Crippen molar-refractivity contribution in [3.05, 3.63) is 24.3 Å². The van der Waals surface area contributed by atoms with Crippen molar-refractivity contribution in [1.82, 2.24) is 4.98 Å². The monoisotopic (exact) mass is 295 g/mol. The molecule has 0 aliphatic heterocycles. The van der Waals surface area contributed by atoms with Crippen LogP contribution in [0.5, 0.6) is 0 Å². The largest absolute Gasteiger partial charge is 0.370 e. The van der Waals surface area contributed by atoms with Crippen LogP contribution in [0, 0.1) is 5.92 Å². The molecule has 1 aromatic carbocycles. The standard InChI is InChI=1S/C12H13N3O2S2/c13-10(16)5-7(11(14)17)6-18-12-15-8-3-1-2-4-9(8)19-12/h1-4,7H,5-6H2,(H2,13,16)(H2,14,17). The molecule has 7 heteroatoms. The Morgan fingerprint density at radius 1 is 1.32 bits per heavy atom. The number of fused-ring (bicyclic) bond motifs is 1. The number of thioether (sulfide) groups is 1. The zero-order valence-corrected chi connectivity index (χ0v) is 11.7. The third kappa shape index (κ3) is 3.68. The van der Waals surface area contributed by atoms with Crippen LogP contribution in [0.25, 0.3) is 10.2 Å². The number of nitrogens with two attached hydrogens (primary N) is 2. The summed E-state index contributed by atoms with van der Waals surface area (Å²) in [4.78, 5) is 26.5. The van der Waals surface area contributed by atoms with Gasteiger partial charge >= 0.3 is 0 Å². The van der Waals surface area contributed by atoms with Crippen LogP contribution in [0.2, 0.25) is 0 Å². The van der Waals surface area contributed by atoms with Crippen LogP contribution in [0.1, 0.15) is 6.42 Å². The smallest absolute Gasteiger partial charge is 0.221 e. The van der Waals surface area contributed by atoms with Crippen molar-refractivity contribution in [2.24, 2.45) is 17.4 Å². The Labute approximate surface area is 118 Å². The molecule has 0 saturated heterocycles. The summed E-state index contributed by atoms with van der Waals surface area (Å²) < 4.78 is 1.95. The Balaban J connectivity index is 2.03. The highest BCUT2D eigenvalue weighted by Crippen LogP contribution is 2.30. The number of para-hydroxylation sites is 1. The summed E-state index contributed by atoms with van der Waals surface area (Å²) >= 11 is 2.98. The molecule has 0 fully saturated rings. The minimum Gasteiger partial charge on any atom is -0.370 e. The average molecular weight is 295 g/mol. The van der Waals surface area contributed by atoms with E-state index in [2.05, 4.69) is 4.98 Å². The maximum Gasteiger partial charge on any atom is 0.221 e. The van der Waals surface area contributed by atoms with Crippen molar-refractivity contribution in [3.63, 3.8) is 0 Å². The molecule has 0 aliphatic rings. The molecule has 2 rings (SSSR count). The first-order valence-electron chi connectivity index (χ1n) is 5.62. The first-order valence-corrected chi connectivity index (χ1v) is 7.42. The molecule has 0 saturated carbocycles. The van der Waals surface area contributed by atoms with Gasteiger partial charge in [-0.2, -0.15) is 0 Å². The fraction of sp³-hybridized carbons (Fsp3) is 0.250. The third-order valence-corrected chi connectivity index (χ3v) is 4.87. The van der Waals surface area contributed by atoms with E-state index in [-0.39, 0.29) is 6.42 Å². The molecule has 19 heavy (non-hydrogen) atoms. The van der Waals surface area contributed by atoms with Gasteiger partial charge in [-0.15, -0.1) is 11.3 Å². The lowest BCUT2D eigenvalue weighted by atomic mass is 10.1. The summed E-state index contributed by atoms with van der Waals surface area (Å²) in [6, 6.07) is 7.81. The molecular formula is C12H13N3O2S2. The number of carbonyl (C=O) groups is 2. The summed E-state index contributed by atoms with van der Waals surface area (Å²) in [6.07, 6.45) is -0.0206. The number of hydrogen-bond acceptors (Lipinski definition) is 5. The Hall–Kier alpha value is -1.60. The normalized spacial score (nSPS) is 12.4. The molecule has 0 spiro atoms. The van der Waals surface area contributed by atoms with Crippen LogP contribution in [-0.2, 0) is 9.59 Å². The molecule has 2 amide bonds. The number of nitrogens with zero attached hydrogens (tertiary/aromatic N) is 1. The number of rotatable bonds is 6. The fourth-order valence-electron chi connectivity index (χ4n) is 1.57. The maximum atomic E-state index is 11.2. The van der Waals surface area contributed by atoms with E-state index in [0.29, 0.717) is 5.75 Å². The second-order valence-corrected chi connectivity index (χ2v) is 6.33. The van der Waals surface area contributed by atoms with Gasteiger partial charge in [-0.3, -0.25) is 9.59 Å². The fourth-order valence-corrected chi connectivity index (χ4v) is 3.76. The molecular weight excluding hydrogens is 282 g/mol. The van der Waals surface area contributed by atoms with Crippen LogP contribution in [0.4, 0.5) is 0 Å². The SMILES string of the molecule is NC(=O)CC(CSc1nc2ccccc2s1)C(N)=O. The lowest BCUT2D eigenvalue weighted by molar-refractivity contribution is -0.126. The zero-order chi connectivity index (χ0) is 13.8. The summed E-state index contributed by atoms with van der Waals surface area (Å²) in [7, 11) is 0. The lowest BCUT2D eigenvalue weighted by Gasteiger charge is -2.09. The topological polar surface area (TPSA) is 99.1 Å². The zero-order valence-electron chi connectivity index (χ0n) is 10.0. The quantitative estimate of drug-likeness (QED) is 0.786. The van der Waals surface area contributed by atoms with Crippen molar-refractivity contribution in [2.45, 2.75) is 10.8 Å². The second-order valence-electron chi connectivity index (χ2n) is 4.03. The number of amides is 2. The molecule has 100 valence electrons. The van der Waals surface area contributed by atoms with Crippen LogP contribution >= 0.6 is 23.1 Å². The predicted octanol–water partition coefficient (Wildman–Crippen LogP) is 1.37. The van der Waals surface area contributed by atoms with Gasteiger partial charge in [-0.1, -0.05) is 23.9 Å². The Bertz CT molecular complexity index is 579. The van der Waals surface area contributed by atoms with Gasteiger partial charge in [0.25, 0.3) is 0 Å². The molecule has 1 atom stereocenters. The van der Waals surface area contributed by atoms with Gasteiger partial charge in [0.15, 0.2) is 4.34 Å². The summed E-state index contributed by atoms with van der Waals surface area (Å²) in [5.74, 6) is -1.16. The van der Waals surface area contributed by atoms with E-state index in [1.165, 1.54) is 11.8 Å². The molecule has 5 nitrogen and oxygen atoms in total. The minimum atomic E-state index is -0.547. The van der Waals surface area contributed by atoms with E-state index in [9.17, 15) is 9.59 Å². The van der Waals surface area contributed by atoms with Crippen LogP contribution in [-0.4, -0.2) is 22.6 Å². The van der Waals surface area contributed by atoms with Gasteiger partial charge < -0.3 is 11.5 Å². The van der Waals surface area contributed by atoms with E-state index in [0.717, 1.165) is 14.6 Å². The van der Waals surface area contributed by atoms with Gasteiger partial charge in [-0.05, 0) is 12.1 Å². The van der Waals surface area contributed by atoms with Gasteiger partial charge in [0.05, 0.1) is 16.1 Å². The minimum absolute atomic E-state index is 0.0206. The van der Waals surface area contributed by atoms with Crippen molar-refractivity contribution >= 4 is 45.1 Å². The first kappa shape index (κ1) is 13.8. The molecule has 4 N–H and O–H groups in total. The number of benzene rings is 1. The van der Waals surface area contributed by atoms with Gasteiger partial charge in [-0.25, -0.2) is 4.98 Å². The highest BCUT2D eigenvalue weighted by Gasteiger charge is 2.19. The highest BCUT2D eigenvalue weighted by molar-refractivity contribution is 8.01. The van der Waals surface area contributed by atoms with Gasteiger partial charge in [0, 0.05) is 12.2 Å². The molecule has 1 unspecified atom stereocenters. The van der Waals surface area contributed by atoms with Crippen LogP contribution in [0.3, 0.4) is 0 Å². The van der Waals surface area contributed by atoms with Crippen molar-refractivity contribution in [1.29, 1.82) is 0 Å². The molecule has 0 radical (unpaired) electrons. The maximum absolute atomic E-state index is 11.2. The number of thiazole rings is 1. The summed E-state index contributed by atoms with van der Waals surface area (Å²) in [6.45, 7) is 0. The molecule has 1 heterocycles. The number of carbonyl (C=O) groups excluding carboxylic acids is 2. The molecule has 0 aliphatic carbocycles.